The van der Waals surface area contributed by atoms with Crippen LogP contribution in [0.5, 0.6) is 11.5 Å². The minimum atomic E-state index is -0.667. The van der Waals surface area contributed by atoms with E-state index in [9.17, 15) is 8.78 Å². The molecule has 4 rings (SSSR count). The van der Waals surface area contributed by atoms with Gasteiger partial charge >= 0.3 is 0 Å². The lowest BCUT2D eigenvalue weighted by Crippen LogP contribution is -2.21. The molecule has 1 aliphatic heterocycles. The number of ether oxygens (including phenoxy) is 1. The average molecular weight is 370 g/mol. The maximum Gasteiger partial charge on any atom is 0.149 e. The molecule has 2 aromatic carbocycles. The van der Waals surface area contributed by atoms with Crippen LogP contribution in [0.4, 0.5) is 8.78 Å². The molecule has 1 atom stereocenters. The molecule has 2 heterocycles. The Kier molecular flexibility index (Phi) is 4.85. The van der Waals surface area contributed by atoms with E-state index in [-0.39, 0.29) is 11.8 Å². The van der Waals surface area contributed by atoms with Crippen LogP contribution in [0.25, 0.3) is 0 Å². The summed E-state index contributed by atoms with van der Waals surface area (Å²) in [6.45, 7) is 3.72. The molecule has 1 aromatic heterocycles. The summed E-state index contributed by atoms with van der Waals surface area (Å²) in [4.78, 5) is 0. The van der Waals surface area contributed by atoms with Crippen molar-refractivity contribution in [3.63, 3.8) is 0 Å². The van der Waals surface area contributed by atoms with E-state index in [4.69, 9.17) is 4.74 Å². The van der Waals surface area contributed by atoms with Gasteiger partial charge in [0.1, 0.15) is 34.8 Å². The smallest absolute Gasteiger partial charge is 0.149 e. The standard InChI is InChI=1S/C20H20F2N4O/c1-13(20-25-24-19-3-2-8-26(19)20)23-12-14-4-6-17(7-5-14)27-18-10-15(21)9-16(22)11-18/h4-7,9-11,13,23H,2-3,8,12H2,1H3/t13-/m1/s1. The predicted molar refractivity (Wildman–Crippen MR) is 96.5 cm³/mol. The Morgan fingerprint density at radius 3 is 2.56 bits per heavy atom. The van der Waals surface area contributed by atoms with Gasteiger partial charge in [0.15, 0.2) is 0 Å². The van der Waals surface area contributed by atoms with Crippen LogP contribution in [0.15, 0.2) is 42.5 Å². The van der Waals surface area contributed by atoms with E-state index in [1.54, 1.807) is 12.1 Å². The van der Waals surface area contributed by atoms with Crippen molar-refractivity contribution in [1.29, 1.82) is 0 Å². The third-order valence-corrected chi connectivity index (χ3v) is 4.63. The Hall–Kier alpha value is -2.80. The summed E-state index contributed by atoms with van der Waals surface area (Å²) in [5.41, 5.74) is 1.07. The van der Waals surface area contributed by atoms with Gasteiger partial charge < -0.3 is 14.6 Å². The molecule has 140 valence electrons. The average Bonchev–Trinajstić information content (AvgIpc) is 3.23. The molecule has 5 nitrogen and oxygen atoms in total. The second-order valence-corrected chi connectivity index (χ2v) is 6.68. The first-order chi connectivity index (χ1) is 13.1. The normalized spacial score (nSPS) is 14.2. The van der Waals surface area contributed by atoms with Crippen molar-refractivity contribution < 1.29 is 13.5 Å². The zero-order valence-corrected chi connectivity index (χ0v) is 15.0. The lowest BCUT2D eigenvalue weighted by Gasteiger charge is -2.14. The molecule has 1 N–H and O–H groups in total. The van der Waals surface area contributed by atoms with Crippen LogP contribution in [-0.4, -0.2) is 14.8 Å². The van der Waals surface area contributed by atoms with Crippen LogP contribution in [0.3, 0.4) is 0 Å². The van der Waals surface area contributed by atoms with Crippen LogP contribution in [0, 0.1) is 11.6 Å². The van der Waals surface area contributed by atoms with Crippen LogP contribution >= 0.6 is 0 Å². The third kappa shape index (κ3) is 3.98. The molecule has 7 heteroatoms. The largest absolute Gasteiger partial charge is 0.457 e. The molecule has 0 unspecified atom stereocenters. The van der Waals surface area contributed by atoms with Gasteiger partial charge in [-0.05, 0) is 31.0 Å². The topological polar surface area (TPSA) is 52.0 Å². The van der Waals surface area contributed by atoms with E-state index in [0.29, 0.717) is 12.3 Å². The Morgan fingerprint density at radius 1 is 1.07 bits per heavy atom. The summed E-state index contributed by atoms with van der Waals surface area (Å²) in [7, 11) is 0. The molecule has 0 fully saturated rings. The molecule has 0 bridgehead atoms. The second kappa shape index (κ2) is 7.44. The van der Waals surface area contributed by atoms with Crippen molar-refractivity contribution >= 4 is 0 Å². The van der Waals surface area contributed by atoms with Crippen molar-refractivity contribution in [1.82, 2.24) is 20.1 Å². The summed E-state index contributed by atoms with van der Waals surface area (Å²) in [5.74, 6) is 1.35. The highest BCUT2D eigenvalue weighted by atomic mass is 19.1. The molecule has 27 heavy (non-hydrogen) atoms. The fourth-order valence-electron chi connectivity index (χ4n) is 3.25. The second-order valence-electron chi connectivity index (χ2n) is 6.68. The molecule has 0 saturated heterocycles. The zero-order chi connectivity index (χ0) is 18.8. The molecule has 0 amide bonds. The highest BCUT2D eigenvalue weighted by Crippen LogP contribution is 2.24. The van der Waals surface area contributed by atoms with E-state index < -0.39 is 11.6 Å². The summed E-state index contributed by atoms with van der Waals surface area (Å²) >= 11 is 0. The number of aromatic nitrogens is 3. The fourth-order valence-corrected chi connectivity index (χ4v) is 3.25. The van der Waals surface area contributed by atoms with Crippen LogP contribution in [0.1, 0.15) is 36.6 Å². The van der Waals surface area contributed by atoms with E-state index >= 15 is 0 Å². The van der Waals surface area contributed by atoms with Crippen molar-refractivity contribution in [2.24, 2.45) is 0 Å². The first kappa shape index (κ1) is 17.6. The molecular formula is C20H20F2N4O. The van der Waals surface area contributed by atoms with Gasteiger partial charge in [0, 0.05) is 37.7 Å². The van der Waals surface area contributed by atoms with Gasteiger partial charge in [-0.15, -0.1) is 10.2 Å². The van der Waals surface area contributed by atoms with Gasteiger partial charge in [0.25, 0.3) is 0 Å². The monoisotopic (exact) mass is 370 g/mol. The summed E-state index contributed by atoms with van der Waals surface area (Å²) < 4.78 is 34.2. The van der Waals surface area contributed by atoms with Gasteiger partial charge in [0.05, 0.1) is 6.04 Å². The van der Waals surface area contributed by atoms with Gasteiger partial charge in [-0.3, -0.25) is 0 Å². The Balaban J connectivity index is 1.36. The summed E-state index contributed by atoms with van der Waals surface area (Å²) in [5, 5.41) is 12.0. The zero-order valence-electron chi connectivity index (χ0n) is 15.0. The number of aryl methyl sites for hydroxylation is 1. The Morgan fingerprint density at radius 2 is 1.81 bits per heavy atom. The molecule has 1 aliphatic rings. The first-order valence-corrected chi connectivity index (χ1v) is 8.97. The fraction of sp³-hybridized carbons (Fsp3) is 0.300. The quantitative estimate of drug-likeness (QED) is 0.708. The SMILES string of the molecule is C[C@@H](NCc1ccc(Oc2cc(F)cc(F)c2)cc1)c1nnc2n1CCC2. The van der Waals surface area contributed by atoms with Crippen molar-refractivity contribution in [3.05, 3.63) is 71.3 Å². The van der Waals surface area contributed by atoms with Gasteiger partial charge in [-0.25, -0.2) is 8.78 Å². The third-order valence-electron chi connectivity index (χ3n) is 4.63. The van der Waals surface area contributed by atoms with Crippen molar-refractivity contribution in [2.45, 2.75) is 38.9 Å². The van der Waals surface area contributed by atoms with Gasteiger partial charge in [0.2, 0.25) is 0 Å². The number of hydrogen-bond acceptors (Lipinski definition) is 4. The molecule has 3 aromatic rings. The Labute approximate surface area is 156 Å². The number of nitrogens with zero attached hydrogens (tertiary/aromatic N) is 3. The van der Waals surface area contributed by atoms with Crippen LogP contribution in [0.2, 0.25) is 0 Å². The van der Waals surface area contributed by atoms with Crippen LogP contribution in [-0.2, 0) is 19.5 Å². The maximum absolute atomic E-state index is 13.2. The van der Waals surface area contributed by atoms with E-state index in [1.165, 1.54) is 0 Å². The number of nitrogens with one attached hydrogen (secondary N) is 1. The highest BCUT2D eigenvalue weighted by Gasteiger charge is 2.20. The molecule has 0 saturated carbocycles. The molecule has 0 aliphatic carbocycles. The maximum atomic E-state index is 13.2. The minimum Gasteiger partial charge on any atom is -0.457 e. The number of fused-ring (bicyclic) bond motifs is 1. The lowest BCUT2D eigenvalue weighted by molar-refractivity contribution is 0.467. The number of halogens is 2. The summed E-state index contributed by atoms with van der Waals surface area (Å²) in [6, 6.07) is 10.6. The number of hydrogen-bond donors (Lipinski definition) is 1. The predicted octanol–water partition coefficient (Wildman–Crippen LogP) is 4.15. The van der Waals surface area contributed by atoms with Gasteiger partial charge in [-0.2, -0.15) is 0 Å². The molecule has 0 radical (unpaired) electrons. The number of benzene rings is 2. The van der Waals surface area contributed by atoms with Gasteiger partial charge in [-0.1, -0.05) is 12.1 Å². The Bertz CT molecular complexity index is 919. The van der Waals surface area contributed by atoms with E-state index in [1.807, 2.05) is 12.1 Å². The molecular weight excluding hydrogens is 350 g/mol. The summed E-state index contributed by atoms with van der Waals surface area (Å²) in [6.07, 6.45) is 2.12. The van der Waals surface area contributed by atoms with E-state index in [2.05, 4.69) is 27.0 Å². The van der Waals surface area contributed by atoms with E-state index in [0.717, 1.165) is 54.8 Å². The van der Waals surface area contributed by atoms with Crippen molar-refractivity contribution in [3.8, 4) is 11.5 Å². The highest BCUT2D eigenvalue weighted by molar-refractivity contribution is 5.33. The van der Waals surface area contributed by atoms with Crippen LogP contribution < -0.4 is 10.1 Å². The number of rotatable bonds is 6. The minimum absolute atomic E-state index is 0.0931. The first-order valence-electron chi connectivity index (χ1n) is 8.97. The molecule has 0 spiro atoms. The lowest BCUT2D eigenvalue weighted by atomic mass is 10.2. The van der Waals surface area contributed by atoms with Crippen molar-refractivity contribution in [2.75, 3.05) is 0 Å².